The van der Waals surface area contributed by atoms with Crippen LogP contribution in [0.5, 0.6) is 0 Å². The minimum atomic E-state index is -3.76. The van der Waals surface area contributed by atoms with Gasteiger partial charge < -0.3 is 5.73 Å². The van der Waals surface area contributed by atoms with E-state index in [1.807, 2.05) is 0 Å². The zero-order valence-electron chi connectivity index (χ0n) is 12.4. The molecule has 24 heavy (non-hydrogen) atoms. The molecule has 3 rings (SSSR count). The van der Waals surface area contributed by atoms with Crippen molar-refractivity contribution in [2.24, 2.45) is 10.9 Å². The van der Waals surface area contributed by atoms with Gasteiger partial charge in [-0.15, -0.1) is 0 Å². The Balaban J connectivity index is 2.11. The summed E-state index contributed by atoms with van der Waals surface area (Å²) in [6.45, 7) is 0. The fraction of sp³-hybridized carbons (Fsp3) is 0. The lowest BCUT2D eigenvalue weighted by Crippen LogP contribution is -2.12. The molecule has 0 aliphatic rings. The molecule has 0 atom stereocenters. The van der Waals surface area contributed by atoms with Gasteiger partial charge in [0.25, 0.3) is 0 Å². The minimum Gasteiger partial charge on any atom is -0.366 e. The summed E-state index contributed by atoms with van der Waals surface area (Å²) in [6, 6.07) is 13.0. The van der Waals surface area contributed by atoms with Crippen LogP contribution in [-0.4, -0.2) is 24.5 Å². The Labute approximate surface area is 138 Å². The molecule has 1 amide bonds. The number of benzene rings is 2. The first-order valence-corrected chi connectivity index (χ1v) is 8.48. The van der Waals surface area contributed by atoms with Crippen LogP contribution in [0, 0.1) is 0 Å². The number of aromatic amines is 1. The third-order valence-electron chi connectivity index (χ3n) is 3.59. The first-order chi connectivity index (χ1) is 11.4. The maximum Gasteiger partial charge on any atom is 0.249 e. The third-order valence-corrected chi connectivity index (χ3v) is 4.52. The summed E-state index contributed by atoms with van der Waals surface area (Å²) >= 11 is 0. The van der Waals surface area contributed by atoms with E-state index in [0.717, 1.165) is 0 Å². The number of carbonyl (C=O) groups is 1. The Morgan fingerprint density at radius 2 is 1.67 bits per heavy atom. The van der Waals surface area contributed by atoms with E-state index in [-0.39, 0.29) is 4.90 Å². The summed E-state index contributed by atoms with van der Waals surface area (Å²) in [7, 11) is -3.76. The molecule has 7 nitrogen and oxygen atoms in total. The number of H-pyrrole nitrogens is 1. The number of primary amides is 1. The SMILES string of the molecule is NC(=O)c1ccccc1-c1cn[nH]c1-c1ccc(S(N)(=O)=O)cc1. The van der Waals surface area contributed by atoms with Crippen LogP contribution in [0.25, 0.3) is 22.4 Å². The largest absolute Gasteiger partial charge is 0.366 e. The number of primary sulfonamides is 1. The van der Waals surface area contributed by atoms with Crippen molar-refractivity contribution in [3.63, 3.8) is 0 Å². The zero-order chi connectivity index (χ0) is 17.3. The Morgan fingerprint density at radius 3 is 2.29 bits per heavy atom. The van der Waals surface area contributed by atoms with Crippen molar-refractivity contribution >= 4 is 15.9 Å². The second-order valence-electron chi connectivity index (χ2n) is 5.14. The highest BCUT2D eigenvalue weighted by molar-refractivity contribution is 7.89. The predicted molar refractivity (Wildman–Crippen MR) is 89.4 cm³/mol. The van der Waals surface area contributed by atoms with E-state index in [9.17, 15) is 13.2 Å². The summed E-state index contributed by atoms with van der Waals surface area (Å²) < 4.78 is 22.7. The molecule has 5 N–H and O–H groups in total. The number of sulfonamides is 1. The van der Waals surface area contributed by atoms with E-state index < -0.39 is 15.9 Å². The van der Waals surface area contributed by atoms with Crippen LogP contribution in [0.3, 0.4) is 0 Å². The smallest absolute Gasteiger partial charge is 0.249 e. The van der Waals surface area contributed by atoms with Crippen molar-refractivity contribution in [1.82, 2.24) is 10.2 Å². The van der Waals surface area contributed by atoms with Gasteiger partial charge in [0.2, 0.25) is 15.9 Å². The second-order valence-corrected chi connectivity index (χ2v) is 6.70. The van der Waals surface area contributed by atoms with Crippen molar-refractivity contribution < 1.29 is 13.2 Å². The van der Waals surface area contributed by atoms with Crippen molar-refractivity contribution in [3.8, 4) is 22.4 Å². The topological polar surface area (TPSA) is 132 Å². The first kappa shape index (κ1) is 15.9. The van der Waals surface area contributed by atoms with Crippen LogP contribution in [0.15, 0.2) is 59.6 Å². The van der Waals surface area contributed by atoms with Crippen LogP contribution in [0.2, 0.25) is 0 Å². The molecular weight excluding hydrogens is 328 g/mol. The van der Waals surface area contributed by atoms with E-state index in [1.54, 1.807) is 42.6 Å². The molecule has 0 radical (unpaired) electrons. The molecule has 0 aliphatic carbocycles. The lowest BCUT2D eigenvalue weighted by Gasteiger charge is -2.08. The summed E-state index contributed by atoms with van der Waals surface area (Å²) in [6.07, 6.45) is 1.59. The number of aromatic nitrogens is 2. The molecule has 2 aromatic carbocycles. The van der Waals surface area contributed by atoms with E-state index >= 15 is 0 Å². The van der Waals surface area contributed by atoms with Crippen LogP contribution in [0.1, 0.15) is 10.4 Å². The number of nitrogens with one attached hydrogen (secondary N) is 1. The predicted octanol–water partition coefficient (Wildman–Crippen LogP) is 1.49. The van der Waals surface area contributed by atoms with Crippen molar-refractivity contribution in [3.05, 3.63) is 60.3 Å². The number of carbonyl (C=O) groups excluding carboxylic acids is 1. The summed E-state index contributed by atoms with van der Waals surface area (Å²) in [5, 5.41) is 12.0. The van der Waals surface area contributed by atoms with Gasteiger partial charge in [-0.3, -0.25) is 9.89 Å². The molecule has 0 unspecified atom stereocenters. The molecule has 1 heterocycles. The quantitative estimate of drug-likeness (QED) is 0.662. The maximum absolute atomic E-state index is 11.6. The molecule has 3 aromatic rings. The molecule has 8 heteroatoms. The zero-order valence-corrected chi connectivity index (χ0v) is 13.2. The monoisotopic (exact) mass is 342 g/mol. The van der Waals surface area contributed by atoms with E-state index in [1.165, 1.54) is 12.1 Å². The fourth-order valence-corrected chi connectivity index (χ4v) is 2.97. The number of nitrogens with zero attached hydrogens (tertiary/aromatic N) is 1. The standard InChI is InChI=1S/C16H14N4O3S/c17-16(21)13-4-2-1-3-12(13)14-9-19-20-15(14)10-5-7-11(8-6-10)24(18,22)23/h1-9H,(H2,17,21)(H,19,20)(H2,18,22,23). The van der Waals surface area contributed by atoms with Gasteiger partial charge in [0, 0.05) is 16.7 Å². The number of hydrogen-bond donors (Lipinski definition) is 3. The van der Waals surface area contributed by atoms with Gasteiger partial charge in [-0.2, -0.15) is 5.10 Å². The molecular formula is C16H14N4O3S. The van der Waals surface area contributed by atoms with Crippen LogP contribution in [-0.2, 0) is 10.0 Å². The van der Waals surface area contributed by atoms with Gasteiger partial charge in [0.15, 0.2) is 0 Å². The molecule has 1 aromatic heterocycles. The normalized spacial score (nSPS) is 11.4. The average Bonchev–Trinajstić information content (AvgIpc) is 3.03. The second kappa shape index (κ2) is 5.91. The fourth-order valence-electron chi connectivity index (χ4n) is 2.45. The molecule has 0 fully saturated rings. The van der Waals surface area contributed by atoms with Crippen LogP contribution < -0.4 is 10.9 Å². The summed E-state index contributed by atoms with van der Waals surface area (Å²) in [4.78, 5) is 11.6. The molecule has 0 bridgehead atoms. The maximum atomic E-state index is 11.6. The number of rotatable bonds is 4. The highest BCUT2D eigenvalue weighted by atomic mass is 32.2. The van der Waals surface area contributed by atoms with Crippen LogP contribution >= 0.6 is 0 Å². The summed E-state index contributed by atoms with van der Waals surface area (Å²) in [5.74, 6) is -0.540. The van der Waals surface area contributed by atoms with Gasteiger partial charge in [-0.05, 0) is 23.8 Å². The highest BCUT2D eigenvalue weighted by Gasteiger charge is 2.16. The lowest BCUT2D eigenvalue weighted by atomic mass is 9.97. The number of amides is 1. The third kappa shape index (κ3) is 2.92. The molecule has 0 saturated carbocycles. The Bertz CT molecular complexity index is 1010. The number of hydrogen-bond acceptors (Lipinski definition) is 4. The number of nitrogens with two attached hydrogens (primary N) is 2. The van der Waals surface area contributed by atoms with Gasteiger partial charge in [-0.25, -0.2) is 13.6 Å². The van der Waals surface area contributed by atoms with Gasteiger partial charge in [-0.1, -0.05) is 30.3 Å². The average molecular weight is 342 g/mol. The Kier molecular flexibility index (Phi) is 3.92. The van der Waals surface area contributed by atoms with E-state index in [0.29, 0.717) is 27.9 Å². The molecule has 0 saturated heterocycles. The molecule has 0 spiro atoms. The Morgan fingerprint density at radius 1 is 1.00 bits per heavy atom. The van der Waals surface area contributed by atoms with Crippen molar-refractivity contribution in [2.45, 2.75) is 4.90 Å². The first-order valence-electron chi connectivity index (χ1n) is 6.94. The molecule has 0 aliphatic heterocycles. The van der Waals surface area contributed by atoms with E-state index in [4.69, 9.17) is 10.9 Å². The lowest BCUT2D eigenvalue weighted by molar-refractivity contribution is 0.100. The van der Waals surface area contributed by atoms with Gasteiger partial charge in [0.1, 0.15) is 0 Å². The Hall–Kier alpha value is -2.97. The van der Waals surface area contributed by atoms with E-state index in [2.05, 4.69) is 10.2 Å². The van der Waals surface area contributed by atoms with Gasteiger partial charge >= 0.3 is 0 Å². The minimum absolute atomic E-state index is 0.0184. The van der Waals surface area contributed by atoms with Crippen LogP contribution in [0.4, 0.5) is 0 Å². The summed E-state index contributed by atoms with van der Waals surface area (Å²) in [5.41, 5.74) is 8.48. The molecule has 122 valence electrons. The van der Waals surface area contributed by atoms with Gasteiger partial charge in [0.05, 0.1) is 16.8 Å². The van der Waals surface area contributed by atoms with Crippen molar-refractivity contribution in [1.29, 1.82) is 0 Å². The van der Waals surface area contributed by atoms with Crippen molar-refractivity contribution in [2.75, 3.05) is 0 Å². The highest BCUT2D eigenvalue weighted by Crippen LogP contribution is 2.32.